The van der Waals surface area contributed by atoms with Crippen LogP contribution in [0.2, 0.25) is 0 Å². The molecule has 4 heterocycles. The second kappa shape index (κ2) is 8.21. The fraction of sp³-hybridized carbons (Fsp3) is 0.273. The number of likely N-dealkylation sites (N-methyl/N-ethyl adjacent to an activating group) is 1. The molecule has 5 rings (SSSR count). The zero-order chi connectivity index (χ0) is 22.2. The van der Waals surface area contributed by atoms with Crippen molar-refractivity contribution in [3.63, 3.8) is 0 Å². The van der Waals surface area contributed by atoms with Crippen LogP contribution in [0, 0.1) is 6.92 Å². The Labute approximate surface area is 189 Å². The van der Waals surface area contributed by atoms with E-state index in [2.05, 4.69) is 54.4 Å². The van der Waals surface area contributed by atoms with Crippen molar-refractivity contribution in [2.75, 3.05) is 37.4 Å². The van der Waals surface area contributed by atoms with Gasteiger partial charge in [0.05, 0.1) is 5.52 Å². The molecule has 1 fully saturated rings. The number of hydrogen-bond donors (Lipinski definition) is 1. The molecule has 1 aromatic carbocycles. The Bertz CT molecular complexity index is 1300. The Morgan fingerprint density at radius 1 is 1.16 bits per heavy atom. The molecule has 1 saturated heterocycles. The summed E-state index contributed by atoms with van der Waals surface area (Å²) in [7, 11) is 4.14. The van der Waals surface area contributed by atoms with E-state index in [-0.39, 0.29) is 11.9 Å². The topological polar surface area (TPSA) is 100 Å². The number of pyridine rings is 1. The molecule has 3 aromatic heterocycles. The summed E-state index contributed by atoms with van der Waals surface area (Å²) in [6.45, 7) is 3.72. The van der Waals surface area contributed by atoms with Crippen LogP contribution in [-0.2, 0) is 0 Å². The first kappa shape index (κ1) is 20.4. The Morgan fingerprint density at radius 2 is 2.00 bits per heavy atom. The number of amides is 1. The number of rotatable bonds is 5. The molecule has 0 saturated carbocycles. The van der Waals surface area contributed by atoms with Gasteiger partial charge < -0.3 is 9.80 Å². The largest absolute Gasteiger partial charge is 0.353 e. The third-order valence-corrected chi connectivity index (χ3v) is 6.39. The molecule has 0 unspecified atom stereocenters. The Kier molecular flexibility index (Phi) is 5.24. The first-order valence-electron chi connectivity index (χ1n) is 10.2. The lowest BCUT2D eigenvalue weighted by Gasteiger charge is -2.43. The zero-order valence-electron chi connectivity index (χ0n) is 18.0. The minimum Gasteiger partial charge on any atom is -0.353 e. The fourth-order valence-corrected chi connectivity index (χ4v) is 4.19. The minimum atomic E-state index is -0.270. The van der Waals surface area contributed by atoms with Crippen molar-refractivity contribution < 1.29 is 4.79 Å². The Hall–Kier alpha value is -3.50. The molecule has 1 aliphatic heterocycles. The van der Waals surface area contributed by atoms with Gasteiger partial charge in [-0.25, -0.2) is 15.0 Å². The van der Waals surface area contributed by atoms with Crippen LogP contribution in [0.4, 0.5) is 11.8 Å². The van der Waals surface area contributed by atoms with Crippen LogP contribution in [-0.4, -0.2) is 69.2 Å². The molecule has 4 aromatic rings. The molecule has 1 amide bonds. The van der Waals surface area contributed by atoms with E-state index in [0.29, 0.717) is 11.6 Å². The van der Waals surface area contributed by atoms with Crippen LogP contribution >= 0.6 is 11.3 Å². The van der Waals surface area contributed by atoms with Crippen molar-refractivity contribution in [2.45, 2.75) is 13.0 Å². The molecular formula is C22H22N8OS. The van der Waals surface area contributed by atoms with Crippen LogP contribution in [0.3, 0.4) is 0 Å². The summed E-state index contributed by atoms with van der Waals surface area (Å²) in [5.41, 5.74) is 2.18. The molecule has 32 heavy (non-hydrogen) atoms. The van der Waals surface area contributed by atoms with Crippen molar-refractivity contribution >= 4 is 39.9 Å². The first-order valence-corrected chi connectivity index (χ1v) is 11.0. The summed E-state index contributed by atoms with van der Waals surface area (Å²) >= 11 is 1.53. The Morgan fingerprint density at radius 3 is 2.75 bits per heavy atom. The van der Waals surface area contributed by atoms with Gasteiger partial charge in [-0.3, -0.25) is 10.1 Å². The standard InChI is InChI=1S/C22H22N8OS/c1-13-27-28-21(32-13)15-4-5-16-10-24-22(25-18(16)8-15)26-20(31)14-6-7-23-19(9-14)30-11-17(12-30)29(2)3/h4-10,17H,11-12H2,1-3H3,(H,24,25,26,31). The van der Waals surface area contributed by atoms with E-state index in [4.69, 9.17) is 0 Å². The van der Waals surface area contributed by atoms with Gasteiger partial charge in [0.25, 0.3) is 5.91 Å². The first-order chi connectivity index (χ1) is 15.5. The van der Waals surface area contributed by atoms with E-state index < -0.39 is 0 Å². The van der Waals surface area contributed by atoms with Gasteiger partial charge in [0, 0.05) is 48.0 Å². The predicted molar refractivity (Wildman–Crippen MR) is 125 cm³/mol. The quantitative estimate of drug-likeness (QED) is 0.500. The highest BCUT2D eigenvalue weighted by atomic mass is 32.1. The van der Waals surface area contributed by atoms with Crippen LogP contribution in [0.1, 0.15) is 15.4 Å². The summed E-state index contributed by atoms with van der Waals surface area (Å²) in [4.78, 5) is 30.4. The number of benzene rings is 1. The maximum absolute atomic E-state index is 12.8. The molecule has 0 bridgehead atoms. The lowest BCUT2D eigenvalue weighted by Crippen LogP contribution is -2.57. The van der Waals surface area contributed by atoms with Crippen LogP contribution in [0.5, 0.6) is 0 Å². The molecule has 0 atom stereocenters. The Balaban J connectivity index is 1.34. The van der Waals surface area contributed by atoms with Gasteiger partial charge >= 0.3 is 0 Å². The molecular weight excluding hydrogens is 424 g/mol. The number of fused-ring (bicyclic) bond motifs is 1. The van der Waals surface area contributed by atoms with Gasteiger partial charge in [-0.15, -0.1) is 10.2 Å². The molecule has 1 aliphatic rings. The number of nitrogens with one attached hydrogen (secondary N) is 1. The lowest BCUT2D eigenvalue weighted by atomic mass is 10.1. The van der Waals surface area contributed by atoms with E-state index in [1.165, 1.54) is 11.3 Å². The minimum absolute atomic E-state index is 0.253. The lowest BCUT2D eigenvalue weighted by molar-refractivity contribution is 0.102. The molecule has 0 radical (unpaired) electrons. The SMILES string of the molecule is Cc1nnc(-c2ccc3cnc(NC(=O)c4ccnc(N5CC(N(C)C)C5)c4)nc3c2)s1. The smallest absolute Gasteiger partial charge is 0.258 e. The average molecular weight is 447 g/mol. The summed E-state index contributed by atoms with van der Waals surface area (Å²) in [6, 6.07) is 9.85. The number of hydrogen-bond acceptors (Lipinski definition) is 9. The summed E-state index contributed by atoms with van der Waals surface area (Å²) < 4.78 is 0. The van der Waals surface area contributed by atoms with Crippen molar-refractivity contribution in [3.05, 3.63) is 53.3 Å². The van der Waals surface area contributed by atoms with Gasteiger partial charge in [0.1, 0.15) is 15.8 Å². The maximum atomic E-state index is 12.8. The molecule has 0 spiro atoms. The third-order valence-electron chi connectivity index (χ3n) is 5.51. The number of carbonyl (C=O) groups excluding carboxylic acids is 1. The van der Waals surface area contributed by atoms with Crippen molar-refractivity contribution in [3.8, 4) is 10.6 Å². The molecule has 0 aliphatic carbocycles. The highest BCUT2D eigenvalue weighted by Crippen LogP contribution is 2.26. The van der Waals surface area contributed by atoms with Gasteiger partial charge in [0.15, 0.2) is 0 Å². The van der Waals surface area contributed by atoms with Crippen LogP contribution in [0.25, 0.3) is 21.5 Å². The van der Waals surface area contributed by atoms with Crippen LogP contribution < -0.4 is 10.2 Å². The van der Waals surface area contributed by atoms with E-state index >= 15 is 0 Å². The number of aryl methyl sites for hydroxylation is 1. The number of nitrogens with zero attached hydrogens (tertiary/aromatic N) is 7. The normalized spacial score (nSPS) is 14.1. The summed E-state index contributed by atoms with van der Waals surface area (Å²) in [5, 5.41) is 13.7. The van der Waals surface area contributed by atoms with Gasteiger partial charge in [0.2, 0.25) is 5.95 Å². The molecule has 1 N–H and O–H groups in total. The third kappa shape index (κ3) is 4.02. The maximum Gasteiger partial charge on any atom is 0.258 e. The van der Waals surface area contributed by atoms with Gasteiger partial charge in [-0.05, 0) is 39.2 Å². The predicted octanol–water partition coefficient (Wildman–Crippen LogP) is 2.85. The van der Waals surface area contributed by atoms with E-state index in [1.807, 2.05) is 25.1 Å². The summed E-state index contributed by atoms with van der Waals surface area (Å²) in [5.74, 6) is 0.781. The zero-order valence-corrected chi connectivity index (χ0v) is 18.8. The van der Waals surface area contributed by atoms with E-state index in [9.17, 15) is 4.79 Å². The molecule has 162 valence electrons. The molecule has 10 heteroatoms. The van der Waals surface area contributed by atoms with E-state index in [0.717, 1.165) is 45.4 Å². The van der Waals surface area contributed by atoms with Gasteiger partial charge in [-0.1, -0.05) is 23.5 Å². The highest BCUT2D eigenvalue weighted by molar-refractivity contribution is 7.14. The second-order valence-electron chi connectivity index (χ2n) is 7.97. The van der Waals surface area contributed by atoms with E-state index in [1.54, 1.807) is 24.5 Å². The highest BCUT2D eigenvalue weighted by Gasteiger charge is 2.29. The number of carbonyl (C=O) groups is 1. The fourth-order valence-electron chi connectivity index (χ4n) is 3.51. The molecule has 9 nitrogen and oxygen atoms in total. The van der Waals surface area contributed by atoms with Crippen molar-refractivity contribution in [2.24, 2.45) is 0 Å². The van der Waals surface area contributed by atoms with Crippen molar-refractivity contribution in [1.29, 1.82) is 0 Å². The summed E-state index contributed by atoms with van der Waals surface area (Å²) in [6.07, 6.45) is 3.36. The monoisotopic (exact) mass is 446 g/mol. The average Bonchev–Trinajstić information content (AvgIpc) is 3.18. The number of anilines is 2. The van der Waals surface area contributed by atoms with Crippen LogP contribution in [0.15, 0.2) is 42.7 Å². The van der Waals surface area contributed by atoms with Gasteiger partial charge in [-0.2, -0.15) is 0 Å². The second-order valence-corrected chi connectivity index (χ2v) is 9.15. The van der Waals surface area contributed by atoms with Crippen molar-refractivity contribution in [1.82, 2.24) is 30.0 Å². The number of aromatic nitrogens is 5.